The summed E-state index contributed by atoms with van der Waals surface area (Å²) in [4.78, 5) is 0. The van der Waals surface area contributed by atoms with E-state index in [0.29, 0.717) is 0 Å². The van der Waals surface area contributed by atoms with Crippen molar-refractivity contribution >= 4 is 11.6 Å². The molecule has 0 aromatic heterocycles. The highest BCUT2D eigenvalue weighted by Crippen LogP contribution is 2.57. The first-order valence-electron chi connectivity index (χ1n) is 6.27. The van der Waals surface area contributed by atoms with Crippen LogP contribution in [-0.2, 0) is 0 Å². The van der Waals surface area contributed by atoms with Gasteiger partial charge in [-0.3, -0.25) is 0 Å². The lowest BCUT2D eigenvalue weighted by Gasteiger charge is -2.50. The van der Waals surface area contributed by atoms with Crippen molar-refractivity contribution in [2.45, 2.75) is 43.6 Å². The molecular weight excluding hydrogens is 239 g/mol. The molecule has 0 N–H and O–H groups in total. The molecule has 1 aromatic rings. The van der Waals surface area contributed by atoms with Gasteiger partial charge in [-0.15, -0.1) is 11.6 Å². The van der Waals surface area contributed by atoms with E-state index in [1.54, 1.807) is 12.1 Å². The summed E-state index contributed by atoms with van der Waals surface area (Å²) in [7, 11) is 0. The molecule has 2 aliphatic rings. The molecule has 0 aliphatic heterocycles. The van der Waals surface area contributed by atoms with Crippen molar-refractivity contribution < 1.29 is 9.13 Å². The Kier molecular flexibility index (Phi) is 2.78. The van der Waals surface area contributed by atoms with Crippen LogP contribution >= 0.6 is 11.6 Å². The third-order valence-corrected chi connectivity index (χ3v) is 4.93. The summed E-state index contributed by atoms with van der Waals surface area (Å²) < 4.78 is 18.8. The van der Waals surface area contributed by atoms with Gasteiger partial charge in [0.2, 0.25) is 0 Å². The first kappa shape index (κ1) is 11.3. The van der Waals surface area contributed by atoms with Gasteiger partial charge in [0.1, 0.15) is 17.7 Å². The number of halogens is 2. The molecule has 0 amide bonds. The van der Waals surface area contributed by atoms with Crippen LogP contribution in [0.2, 0.25) is 0 Å². The van der Waals surface area contributed by atoms with Gasteiger partial charge in [-0.25, -0.2) is 4.39 Å². The minimum Gasteiger partial charge on any atom is -0.490 e. The molecule has 0 bridgehead atoms. The highest BCUT2D eigenvalue weighted by molar-refractivity contribution is 6.21. The van der Waals surface area contributed by atoms with E-state index >= 15 is 0 Å². The lowest BCUT2D eigenvalue weighted by Crippen LogP contribution is -2.55. The van der Waals surface area contributed by atoms with Crippen LogP contribution < -0.4 is 4.74 Å². The molecule has 3 rings (SSSR count). The van der Waals surface area contributed by atoms with Crippen LogP contribution in [0.1, 0.15) is 32.1 Å². The molecule has 3 heteroatoms. The maximum absolute atomic E-state index is 12.8. The first-order valence-corrected chi connectivity index (χ1v) is 6.71. The first-order chi connectivity index (χ1) is 8.21. The Bertz CT molecular complexity index is 397. The van der Waals surface area contributed by atoms with Crippen molar-refractivity contribution in [3.8, 4) is 5.75 Å². The smallest absolute Gasteiger partial charge is 0.123 e. The van der Waals surface area contributed by atoms with E-state index in [1.807, 2.05) is 0 Å². The summed E-state index contributed by atoms with van der Waals surface area (Å²) in [5.74, 6) is 0.531. The van der Waals surface area contributed by atoms with Gasteiger partial charge in [-0.1, -0.05) is 12.8 Å². The highest BCUT2D eigenvalue weighted by Gasteiger charge is 2.56. The molecule has 1 nitrogen and oxygen atoms in total. The third kappa shape index (κ3) is 1.83. The number of alkyl halides is 1. The molecule has 17 heavy (non-hydrogen) atoms. The number of hydrogen-bond acceptors (Lipinski definition) is 1. The van der Waals surface area contributed by atoms with Gasteiger partial charge in [0.05, 0.1) is 0 Å². The molecule has 2 saturated carbocycles. The van der Waals surface area contributed by atoms with Gasteiger partial charge in [-0.05, 0) is 37.1 Å². The van der Waals surface area contributed by atoms with Crippen LogP contribution in [0, 0.1) is 11.2 Å². The summed E-state index contributed by atoms with van der Waals surface area (Å²) in [6, 6.07) is 6.26. The van der Waals surface area contributed by atoms with E-state index in [0.717, 1.165) is 12.2 Å². The fourth-order valence-electron chi connectivity index (χ4n) is 3.21. The van der Waals surface area contributed by atoms with Crippen molar-refractivity contribution in [2.24, 2.45) is 5.41 Å². The average molecular weight is 255 g/mol. The Labute approximate surface area is 106 Å². The summed E-state index contributed by atoms with van der Waals surface area (Å²) in [5, 5.41) is 0.260. The normalized spacial score (nSPS) is 30.2. The van der Waals surface area contributed by atoms with Crippen molar-refractivity contribution in [3.63, 3.8) is 0 Å². The van der Waals surface area contributed by atoms with E-state index < -0.39 is 0 Å². The molecular formula is C14H16ClFO. The Hall–Kier alpha value is -0.760. The zero-order chi connectivity index (χ0) is 11.9. The second kappa shape index (κ2) is 4.16. The van der Waals surface area contributed by atoms with Crippen LogP contribution in [0.15, 0.2) is 24.3 Å². The van der Waals surface area contributed by atoms with E-state index in [9.17, 15) is 4.39 Å². The van der Waals surface area contributed by atoms with Crippen LogP contribution in [0.3, 0.4) is 0 Å². The molecule has 1 aromatic carbocycles. The van der Waals surface area contributed by atoms with Gasteiger partial charge >= 0.3 is 0 Å². The lowest BCUT2D eigenvalue weighted by atomic mass is 9.64. The largest absolute Gasteiger partial charge is 0.490 e. The molecule has 1 spiro atoms. The van der Waals surface area contributed by atoms with Gasteiger partial charge in [0, 0.05) is 17.2 Å². The van der Waals surface area contributed by atoms with Gasteiger partial charge in [-0.2, -0.15) is 0 Å². The van der Waals surface area contributed by atoms with Crippen LogP contribution in [0.25, 0.3) is 0 Å². The maximum atomic E-state index is 12.8. The molecule has 2 unspecified atom stereocenters. The minimum atomic E-state index is -0.225. The van der Waals surface area contributed by atoms with Crippen LogP contribution in [0.5, 0.6) is 5.75 Å². The predicted octanol–water partition coefficient (Wildman–Crippen LogP) is 4.14. The second-order valence-corrected chi connectivity index (χ2v) is 5.73. The van der Waals surface area contributed by atoms with E-state index in [1.165, 1.54) is 37.8 Å². The number of hydrogen-bond donors (Lipinski definition) is 0. The Balaban J connectivity index is 1.72. The van der Waals surface area contributed by atoms with Crippen LogP contribution in [0.4, 0.5) is 4.39 Å². The molecule has 92 valence electrons. The Morgan fingerprint density at radius 3 is 2.41 bits per heavy atom. The SMILES string of the molecule is Fc1ccc(OC2CC(Cl)C23CCCC3)cc1. The second-order valence-electron chi connectivity index (χ2n) is 5.20. The lowest BCUT2D eigenvalue weighted by molar-refractivity contribution is -0.0355. The zero-order valence-corrected chi connectivity index (χ0v) is 10.4. The quantitative estimate of drug-likeness (QED) is 0.721. The van der Waals surface area contributed by atoms with Gasteiger partial charge in [0.15, 0.2) is 0 Å². The van der Waals surface area contributed by atoms with Crippen molar-refractivity contribution in [1.82, 2.24) is 0 Å². The van der Waals surface area contributed by atoms with Gasteiger partial charge < -0.3 is 4.74 Å². The molecule has 2 aliphatic carbocycles. The van der Waals surface area contributed by atoms with Crippen molar-refractivity contribution in [2.75, 3.05) is 0 Å². The fourth-order valence-corrected chi connectivity index (χ4v) is 3.73. The Morgan fingerprint density at radius 2 is 1.82 bits per heavy atom. The van der Waals surface area contributed by atoms with Crippen LogP contribution in [-0.4, -0.2) is 11.5 Å². The van der Waals surface area contributed by atoms with Crippen molar-refractivity contribution in [1.29, 1.82) is 0 Å². The predicted molar refractivity (Wildman–Crippen MR) is 66.0 cm³/mol. The monoisotopic (exact) mass is 254 g/mol. The molecule has 0 saturated heterocycles. The average Bonchev–Trinajstić information content (AvgIpc) is 2.83. The number of rotatable bonds is 2. The molecule has 0 radical (unpaired) electrons. The molecule has 2 fully saturated rings. The third-order valence-electron chi connectivity index (χ3n) is 4.31. The maximum Gasteiger partial charge on any atom is 0.123 e. The number of benzene rings is 1. The Morgan fingerprint density at radius 1 is 1.18 bits per heavy atom. The zero-order valence-electron chi connectivity index (χ0n) is 9.66. The molecule has 0 heterocycles. The number of ether oxygens (including phenoxy) is 1. The minimum absolute atomic E-state index is 0.190. The fraction of sp³-hybridized carbons (Fsp3) is 0.571. The summed E-state index contributed by atoms with van der Waals surface area (Å²) in [6.45, 7) is 0. The van der Waals surface area contributed by atoms with E-state index in [2.05, 4.69) is 0 Å². The topological polar surface area (TPSA) is 9.23 Å². The summed E-state index contributed by atoms with van der Waals surface area (Å²) in [5.41, 5.74) is 0.190. The molecule has 2 atom stereocenters. The highest BCUT2D eigenvalue weighted by atomic mass is 35.5. The van der Waals surface area contributed by atoms with E-state index in [-0.39, 0.29) is 22.7 Å². The van der Waals surface area contributed by atoms with Gasteiger partial charge in [0.25, 0.3) is 0 Å². The summed E-state index contributed by atoms with van der Waals surface area (Å²) >= 11 is 6.36. The summed E-state index contributed by atoms with van der Waals surface area (Å²) in [6.07, 6.45) is 6.00. The van der Waals surface area contributed by atoms with Crippen molar-refractivity contribution in [3.05, 3.63) is 30.1 Å². The van der Waals surface area contributed by atoms with E-state index in [4.69, 9.17) is 16.3 Å². The standard InChI is InChI=1S/C14H16ClFO/c15-12-9-13(14(12)7-1-2-8-14)17-11-5-3-10(16)4-6-11/h3-6,12-13H,1-2,7-9H2.